The zero-order chi connectivity index (χ0) is 12.3. The van der Waals surface area contributed by atoms with Gasteiger partial charge in [0.05, 0.1) is 11.6 Å². The molecule has 0 bridgehead atoms. The maximum atomic E-state index is 8.78. The minimum Gasteiger partial charge on any atom is -0.342 e. The minimum atomic E-state index is 0.683. The van der Waals surface area contributed by atoms with Crippen LogP contribution in [0.3, 0.4) is 0 Å². The van der Waals surface area contributed by atoms with Crippen LogP contribution in [0.15, 0.2) is 54.8 Å². The molecule has 0 unspecified atom stereocenters. The summed E-state index contributed by atoms with van der Waals surface area (Å²) in [5.41, 5.74) is 3.91. The van der Waals surface area contributed by atoms with E-state index in [1.165, 1.54) is 0 Å². The fourth-order valence-electron chi connectivity index (χ4n) is 1.93. The third kappa shape index (κ3) is 2.14. The van der Waals surface area contributed by atoms with Crippen LogP contribution in [-0.2, 0) is 0 Å². The predicted molar refractivity (Wildman–Crippen MR) is 69.8 cm³/mol. The summed E-state index contributed by atoms with van der Waals surface area (Å²) in [6.07, 6.45) is 6.07. The number of nitriles is 1. The van der Waals surface area contributed by atoms with E-state index in [1.54, 1.807) is 0 Å². The molecule has 1 heterocycles. The fraction of sp³-hybridized carbons (Fsp3) is 0.133. The van der Waals surface area contributed by atoms with E-state index in [9.17, 15) is 0 Å². The average molecular weight is 222 g/mol. The van der Waals surface area contributed by atoms with Gasteiger partial charge in [-0.25, -0.2) is 0 Å². The Morgan fingerprint density at radius 1 is 1.29 bits per heavy atom. The first-order valence-electron chi connectivity index (χ1n) is 5.61. The maximum Gasteiger partial charge on any atom is 0.0991 e. The van der Waals surface area contributed by atoms with Gasteiger partial charge in [0.15, 0.2) is 0 Å². The smallest absolute Gasteiger partial charge is 0.0991 e. The topological polar surface area (TPSA) is 27.0 Å². The van der Waals surface area contributed by atoms with E-state index in [-0.39, 0.29) is 0 Å². The molecule has 0 aliphatic carbocycles. The Bertz CT molecular complexity index is 527. The van der Waals surface area contributed by atoms with Crippen molar-refractivity contribution >= 4 is 5.70 Å². The van der Waals surface area contributed by atoms with E-state index < -0.39 is 0 Å². The molecule has 1 aliphatic rings. The third-order valence-electron chi connectivity index (χ3n) is 2.81. The van der Waals surface area contributed by atoms with Gasteiger partial charge in [-0.15, -0.1) is 0 Å². The molecule has 0 amide bonds. The van der Waals surface area contributed by atoms with Gasteiger partial charge in [-0.05, 0) is 36.8 Å². The monoisotopic (exact) mass is 222 g/mol. The summed E-state index contributed by atoms with van der Waals surface area (Å²) >= 11 is 0. The molecule has 0 N–H and O–H groups in total. The molecule has 0 aromatic heterocycles. The van der Waals surface area contributed by atoms with Crippen LogP contribution >= 0.6 is 0 Å². The van der Waals surface area contributed by atoms with Crippen molar-refractivity contribution < 1.29 is 0 Å². The Morgan fingerprint density at radius 2 is 2.00 bits per heavy atom. The maximum absolute atomic E-state index is 8.78. The zero-order valence-corrected chi connectivity index (χ0v) is 9.85. The number of benzene rings is 1. The zero-order valence-electron chi connectivity index (χ0n) is 9.85. The molecular formula is C15H14N2. The van der Waals surface area contributed by atoms with Crippen molar-refractivity contribution in [3.05, 3.63) is 65.9 Å². The summed E-state index contributed by atoms with van der Waals surface area (Å²) in [7, 11) is 0. The van der Waals surface area contributed by atoms with Crippen LogP contribution in [0.5, 0.6) is 0 Å². The Morgan fingerprint density at radius 3 is 2.59 bits per heavy atom. The van der Waals surface area contributed by atoms with E-state index in [4.69, 9.17) is 5.26 Å². The number of nitrogens with zero attached hydrogens (tertiary/aromatic N) is 2. The van der Waals surface area contributed by atoms with Crippen LogP contribution in [0.1, 0.15) is 18.1 Å². The first-order valence-corrected chi connectivity index (χ1v) is 5.61. The molecule has 1 aliphatic heterocycles. The largest absolute Gasteiger partial charge is 0.342 e. The molecule has 0 atom stereocenters. The van der Waals surface area contributed by atoms with Crippen LogP contribution < -0.4 is 0 Å². The summed E-state index contributed by atoms with van der Waals surface area (Å²) in [5, 5.41) is 8.78. The molecule has 2 heteroatoms. The third-order valence-corrected chi connectivity index (χ3v) is 2.81. The lowest BCUT2D eigenvalue weighted by atomic mass is 10.1. The van der Waals surface area contributed by atoms with Gasteiger partial charge in [0.2, 0.25) is 0 Å². The second kappa shape index (κ2) is 4.71. The molecule has 0 saturated carbocycles. The summed E-state index contributed by atoms with van der Waals surface area (Å²) in [6, 6.07) is 9.75. The Hall–Kier alpha value is -2.27. The normalized spacial score (nSPS) is 14.5. The van der Waals surface area contributed by atoms with Crippen molar-refractivity contribution in [1.82, 2.24) is 4.90 Å². The van der Waals surface area contributed by atoms with Gasteiger partial charge in [0.1, 0.15) is 0 Å². The summed E-state index contributed by atoms with van der Waals surface area (Å²) in [6.45, 7) is 7.00. The summed E-state index contributed by atoms with van der Waals surface area (Å²) in [4.78, 5) is 2.15. The van der Waals surface area contributed by atoms with E-state index in [0.717, 1.165) is 23.5 Å². The quantitative estimate of drug-likeness (QED) is 0.767. The second-order valence-corrected chi connectivity index (χ2v) is 3.84. The highest BCUT2D eigenvalue weighted by atomic mass is 15.1. The van der Waals surface area contributed by atoms with Gasteiger partial charge in [0, 0.05) is 17.9 Å². The van der Waals surface area contributed by atoms with Crippen molar-refractivity contribution in [3.63, 3.8) is 0 Å². The number of allylic oxidation sites excluding steroid dienone is 3. The Balaban J connectivity index is 2.38. The van der Waals surface area contributed by atoms with Gasteiger partial charge in [-0.3, -0.25) is 0 Å². The van der Waals surface area contributed by atoms with Crippen molar-refractivity contribution in [2.75, 3.05) is 6.54 Å². The molecular weight excluding hydrogens is 208 g/mol. The fourth-order valence-corrected chi connectivity index (χ4v) is 1.93. The Kier molecular flexibility index (Phi) is 3.11. The van der Waals surface area contributed by atoms with Gasteiger partial charge < -0.3 is 4.90 Å². The van der Waals surface area contributed by atoms with Crippen LogP contribution in [0.25, 0.3) is 5.70 Å². The molecule has 0 saturated heterocycles. The molecule has 1 aromatic rings. The van der Waals surface area contributed by atoms with Gasteiger partial charge >= 0.3 is 0 Å². The lowest BCUT2D eigenvalue weighted by Crippen LogP contribution is -2.21. The predicted octanol–water partition coefficient (Wildman–Crippen LogP) is 3.30. The number of hydrogen-bond acceptors (Lipinski definition) is 2. The van der Waals surface area contributed by atoms with Crippen LogP contribution in [0.4, 0.5) is 0 Å². The van der Waals surface area contributed by atoms with Gasteiger partial charge in [-0.2, -0.15) is 5.26 Å². The molecule has 17 heavy (non-hydrogen) atoms. The molecule has 0 radical (unpaired) electrons. The number of hydrogen-bond donors (Lipinski definition) is 0. The van der Waals surface area contributed by atoms with Crippen molar-refractivity contribution in [2.45, 2.75) is 6.92 Å². The van der Waals surface area contributed by atoms with E-state index in [0.29, 0.717) is 5.56 Å². The standard InChI is InChI=1S/C15H14N2/c1-3-17-12(2)5-4-6-15(17)14-9-7-13(11-16)8-10-14/h4-10H,2-3H2,1H3. The van der Waals surface area contributed by atoms with Crippen LogP contribution in [0.2, 0.25) is 0 Å². The Labute approximate surface area is 102 Å². The van der Waals surface area contributed by atoms with Crippen molar-refractivity contribution in [1.29, 1.82) is 5.26 Å². The lowest BCUT2D eigenvalue weighted by molar-refractivity contribution is 0.530. The van der Waals surface area contributed by atoms with Crippen molar-refractivity contribution in [2.24, 2.45) is 0 Å². The molecule has 2 rings (SSSR count). The number of likely N-dealkylation sites (N-methyl/N-ethyl adjacent to an activating group) is 1. The second-order valence-electron chi connectivity index (χ2n) is 3.84. The molecule has 1 aromatic carbocycles. The summed E-state index contributed by atoms with van der Waals surface area (Å²) < 4.78 is 0. The van der Waals surface area contributed by atoms with Crippen molar-refractivity contribution in [3.8, 4) is 6.07 Å². The lowest BCUT2D eigenvalue weighted by Gasteiger charge is -2.28. The summed E-state index contributed by atoms with van der Waals surface area (Å²) in [5.74, 6) is 0. The molecule has 0 spiro atoms. The highest BCUT2D eigenvalue weighted by Crippen LogP contribution is 2.26. The highest BCUT2D eigenvalue weighted by Gasteiger charge is 2.13. The van der Waals surface area contributed by atoms with Crippen LogP contribution in [0, 0.1) is 11.3 Å². The van der Waals surface area contributed by atoms with E-state index >= 15 is 0 Å². The number of rotatable bonds is 2. The average Bonchev–Trinajstić information content (AvgIpc) is 2.38. The van der Waals surface area contributed by atoms with Gasteiger partial charge in [0.25, 0.3) is 0 Å². The SMILES string of the molecule is C=C1C=CC=C(c2ccc(C#N)cc2)N1CC. The minimum absolute atomic E-state index is 0.683. The van der Waals surface area contributed by atoms with Gasteiger partial charge in [-0.1, -0.05) is 24.8 Å². The highest BCUT2D eigenvalue weighted by molar-refractivity contribution is 5.69. The molecule has 84 valence electrons. The van der Waals surface area contributed by atoms with E-state index in [2.05, 4.69) is 30.5 Å². The first-order chi connectivity index (χ1) is 8.26. The van der Waals surface area contributed by atoms with Crippen LogP contribution in [-0.4, -0.2) is 11.4 Å². The molecule has 2 nitrogen and oxygen atoms in total. The van der Waals surface area contributed by atoms with E-state index in [1.807, 2.05) is 36.4 Å². The molecule has 0 fully saturated rings. The first kappa shape index (κ1) is 11.2.